The molecule has 2 aromatic carbocycles. The summed E-state index contributed by atoms with van der Waals surface area (Å²) < 4.78 is 33.6. The van der Waals surface area contributed by atoms with Gasteiger partial charge < -0.3 is 19.3 Å². The third kappa shape index (κ3) is 5.65. The lowest BCUT2D eigenvalue weighted by Crippen LogP contribution is -2.19. The summed E-state index contributed by atoms with van der Waals surface area (Å²) in [5, 5.41) is 3.39. The van der Waals surface area contributed by atoms with Gasteiger partial charge in [-0.3, -0.25) is 9.00 Å². The van der Waals surface area contributed by atoms with Crippen molar-refractivity contribution in [1.82, 2.24) is 5.32 Å². The van der Waals surface area contributed by atoms with E-state index >= 15 is 0 Å². The second-order valence-corrected chi connectivity index (χ2v) is 7.90. The second-order valence-electron chi connectivity index (χ2n) is 6.99. The third-order valence-corrected chi connectivity index (χ3v) is 5.68. The monoisotopic (exact) mass is 416 g/mol. The van der Waals surface area contributed by atoms with Crippen LogP contribution in [0.2, 0.25) is 0 Å². The number of unbranched alkanes of at least 4 members (excludes halogenated alkanes) is 1. The Hall–Kier alpha value is -2.22. The second kappa shape index (κ2) is 10.5. The standard InChI is InChI=1S/C22H27NO5S/c1-27-20-8-3-2-6-16(20)9-12-23-11-5-4-7-19(24)18-14-17-10-13-28-22(17)21(15-18)29(25)26/h2-3,6,8,14-15,23H,4-5,7,9-13H2,1H3,(H,25,26)/p-1. The molecule has 1 aliphatic heterocycles. The molecule has 1 heterocycles. The van der Waals surface area contributed by atoms with Crippen LogP contribution in [0.1, 0.15) is 40.7 Å². The van der Waals surface area contributed by atoms with Gasteiger partial charge in [-0.15, -0.1) is 0 Å². The van der Waals surface area contributed by atoms with Gasteiger partial charge in [0.25, 0.3) is 0 Å². The molecule has 3 rings (SSSR count). The van der Waals surface area contributed by atoms with Crippen LogP contribution in [0.15, 0.2) is 41.3 Å². The predicted octanol–water partition coefficient (Wildman–Crippen LogP) is 3.05. The highest BCUT2D eigenvalue weighted by Gasteiger charge is 2.20. The number of ketones is 1. The van der Waals surface area contributed by atoms with Crippen LogP contribution >= 0.6 is 0 Å². The molecule has 0 spiro atoms. The van der Waals surface area contributed by atoms with Gasteiger partial charge in [0.2, 0.25) is 0 Å². The Labute approximate surface area is 173 Å². The van der Waals surface area contributed by atoms with Gasteiger partial charge in [0.15, 0.2) is 5.78 Å². The fourth-order valence-electron chi connectivity index (χ4n) is 3.49. The highest BCUT2D eigenvalue weighted by molar-refractivity contribution is 7.79. The fourth-order valence-corrected chi connectivity index (χ4v) is 4.06. The van der Waals surface area contributed by atoms with Crippen LogP contribution < -0.4 is 14.8 Å². The molecule has 6 nitrogen and oxygen atoms in total. The Balaban J connectivity index is 1.40. The third-order valence-electron chi connectivity index (χ3n) is 5.02. The lowest BCUT2D eigenvalue weighted by atomic mass is 10.0. The van der Waals surface area contributed by atoms with Gasteiger partial charge in [0, 0.05) is 18.4 Å². The molecule has 7 heteroatoms. The molecule has 1 aliphatic rings. The fraction of sp³-hybridized carbons (Fsp3) is 0.409. The molecule has 0 aromatic heterocycles. The lowest BCUT2D eigenvalue weighted by Gasteiger charge is -2.12. The molecular formula is C22H26NO5S-. The largest absolute Gasteiger partial charge is 0.768 e. The quantitative estimate of drug-likeness (QED) is 0.344. The molecule has 0 fully saturated rings. The van der Waals surface area contributed by atoms with E-state index in [1.54, 1.807) is 13.2 Å². The SMILES string of the molecule is COc1ccccc1CCNCCCCC(=O)c1cc2c(c(S(=O)[O-])c1)OCC2. The zero-order valence-corrected chi connectivity index (χ0v) is 17.4. The molecule has 1 N–H and O–H groups in total. The molecule has 0 saturated heterocycles. The highest BCUT2D eigenvalue weighted by atomic mass is 32.2. The van der Waals surface area contributed by atoms with Crippen LogP contribution in [-0.2, 0) is 23.9 Å². The van der Waals surface area contributed by atoms with Gasteiger partial charge in [-0.2, -0.15) is 0 Å². The van der Waals surface area contributed by atoms with E-state index in [1.165, 1.54) is 11.6 Å². The Morgan fingerprint density at radius 3 is 2.86 bits per heavy atom. The van der Waals surface area contributed by atoms with Crippen molar-refractivity contribution < 1.29 is 23.0 Å². The van der Waals surface area contributed by atoms with E-state index in [-0.39, 0.29) is 10.7 Å². The summed E-state index contributed by atoms with van der Waals surface area (Å²) in [4.78, 5) is 12.6. The molecule has 0 aliphatic carbocycles. The van der Waals surface area contributed by atoms with E-state index < -0.39 is 11.1 Å². The number of hydrogen-bond acceptors (Lipinski definition) is 6. The Morgan fingerprint density at radius 2 is 2.07 bits per heavy atom. The van der Waals surface area contributed by atoms with Crippen LogP contribution in [0.4, 0.5) is 0 Å². The maximum atomic E-state index is 12.5. The van der Waals surface area contributed by atoms with Crippen LogP contribution in [0.5, 0.6) is 11.5 Å². The molecule has 0 radical (unpaired) electrons. The number of fused-ring (bicyclic) bond motifs is 1. The summed E-state index contributed by atoms with van der Waals surface area (Å²) in [7, 11) is 1.68. The van der Waals surface area contributed by atoms with Gasteiger partial charge in [-0.1, -0.05) is 18.2 Å². The van der Waals surface area contributed by atoms with Gasteiger partial charge >= 0.3 is 0 Å². The number of benzene rings is 2. The molecule has 0 bridgehead atoms. The first kappa shape index (κ1) is 21.5. The van der Waals surface area contributed by atoms with E-state index in [1.807, 2.05) is 18.2 Å². The topological polar surface area (TPSA) is 87.7 Å². The summed E-state index contributed by atoms with van der Waals surface area (Å²) in [5.74, 6) is 1.27. The van der Waals surface area contributed by atoms with Gasteiger partial charge in [-0.05, 0) is 72.8 Å². The minimum atomic E-state index is -2.41. The van der Waals surface area contributed by atoms with E-state index in [0.29, 0.717) is 30.8 Å². The van der Waals surface area contributed by atoms with E-state index in [0.717, 1.165) is 43.7 Å². The Morgan fingerprint density at radius 1 is 1.24 bits per heavy atom. The van der Waals surface area contributed by atoms with Crippen LogP contribution in [-0.4, -0.2) is 41.4 Å². The lowest BCUT2D eigenvalue weighted by molar-refractivity contribution is 0.0979. The number of nitrogens with one attached hydrogen (secondary N) is 1. The number of hydrogen-bond donors (Lipinski definition) is 1. The summed E-state index contributed by atoms with van der Waals surface area (Å²) in [6.07, 6.45) is 3.56. The summed E-state index contributed by atoms with van der Waals surface area (Å²) in [5.41, 5.74) is 2.43. The molecule has 29 heavy (non-hydrogen) atoms. The number of carbonyl (C=O) groups excluding carboxylic acids is 1. The minimum absolute atomic E-state index is 0.0274. The first-order valence-corrected chi connectivity index (χ1v) is 10.9. The van der Waals surface area contributed by atoms with E-state index in [2.05, 4.69) is 11.4 Å². The molecule has 0 saturated carbocycles. The number of methoxy groups -OCH3 is 1. The molecule has 1 unspecified atom stereocenters. The highest BCUT2D eigenvalue weighted by Crippen LogP contribution is 2.33. The van der Waals surface area contributed by atoms with Gasteiger partial charge in [-0.25, -0.2) is 0 Å². The molecule has 2 aromatic rings. The first-order chi connectivity index (χ1) is 14.1. The number of para-hydroxylation sites is 1. The van der Waals surface area contributed by atoms with Crippen molar-refractivity contribution in [3.8, 4) is 11.5 Å². The molecule has 1 atom stereocenters. The smallest absolute Gasteiger partial charge is 0.162 e. The number of ether oxygens (including phenoxy) is 2. The zero-order chi connectivity index (χ0) is 20.6. The summed E-state index contributed by atoms with van der Waals surface area (Å²) in [6, 6.07) is 11.2. The molecule has 0 amide bonds. The maximum absolute atomic E-state index is 12.5. The van der Waals surface area contributed by atoms with Crippen LogP contribution in [0.25, 0.3) is 0 Å². The van der Waals surface area contributed by atoms with Gasteiger partial charge in [0.1, 0.15) is 11.5 Å². The van der Waals surface area contributed by atoms with E-state index in [4.69, 9.17) is 9.47 Å². The van der Waals surface area contributed by atoms with Crippen molar-refractivity contribution in [3.63, 3.8) is 0 Å². The van der Waals surface area contributed by atoms with Crippen molar-refractivity contribution in [3.05, 3.63) is 53.1 Å². The van der Waals surface area contributed by atoms with Crippen molar-refractivity contribution in [2.75, 3.05) is 26.8 Å². The summed E-state index contributed by atoms with van der Waals surface area (Å²) >= 11 is -2.41. The van der Waals surface area contributed by atoms with Gasteiger partial charge in [0.05, 0.1) is 18.6 Å². The minimum Gasteiger partial charge on any atom is -0.768 e. The zero-order valence-electron chi connectivity index (χ0n) is 16.6. The van der Waals surface area contributed by atoms with Crippen molar-refractivity contribution in [2.45, 2.75) is 37.0 Å². The average molecular weight is 417 g/mol. The average Bonchev–Trinajstić information content (AvgIpc) is 3.21. The molecular weight excluding hydrogens is 390 g/mol. The first-order valence-electron chi connectivity index (χ1n) is 9.85. The number of Topliss-reactive ketones (excluding diaryl/α,β-unsaturated/α-hetero) is 1. The number of rotatable bonds is 11. The van der Waals surface area contributed by atoms with Crippen molar-refractivity contribution >= 4 is 16.9 Å². The normalized spacial score (nSPS) is 13.6. The molecule has 156 valence electrons. The van der Waals surface area contributed by atoms with E-state index in [9.17, 15) is 13.6 Å². The summed E-state index contributed by atoms with van der Waals surface area (Å²) in [6.45, 7) is 2.13. The van der Waals surface area contributed by atoms with Crippen LogP contribution in [0.3, 0.4) is 0 Å². The van der Waals surface area contributed by atoms with Crippen molar-refractivity contribution in [1.29, 1.82) is 0 Å². The maximum Gasteiger partial charge on any atom is 0.162 e. The Kier molecular flexibility index (Phi) is 7.80. The number of carbonyl (C=O) groups is 1. The van der Waals surface area contributed by atoms with Crippen molar-refractivity contribution in [2.24, 2.45) is 0 Å². The Bertz CT molecular complexity index is 884. The van der Waals surface area contributed by atoms with Crippen LogP contribution in [0, 0.1) is 0 Å². The predicted molar refractivity (Wildman–Crippen MR) is 111 cm³/mol.